The van der Waals surface area contributed by atoms with E-state index in [1.165, 1.54) is 6.07 Å². The van der Waals surface area contributed by atoms with Gasteiger partial charge in [-0.3, -0.25) is 0 Å². The summed E-state index contributed by atoms with van der Waals surface area (Å²) in [6.07, 6.45) is 0. The van der Waals surface area contributed by atoms with Crippen molar-refractivity contribution >= 4 is 17.6 Å². The monoisotopic (exact) mass is 320 g/mol. The van der Waals surface area contributed by atoms with E-state index >= 15 is 0 Å². The van der Waals surface area contributed by atoms with Crippen LogP contribution >= 0.6 is 11.6 Å². The number of hydrogen-bond acceptors (Lipinski definition) is 3. The molecule has 116 valence electrons. The van der Waals surface area contributed by atoms with Crippen molar-refractivity contribution in [1.82, 2.24) is 0 Å². The minimum atomic E-state index is -1.02. The first-order chi connectivity index (χ1) is 10.5. The largest absolute Gasteiger partial charge is 0.493 e. The number of aryl methyl sites for hydroxylation is 1. The Balaban J connectivity index is 2.29. The Morgan fingerprint density at radius 3 is 2.59 bits per heavy atom. The normalized spacial score (nSPS) is 10.3. The predicted octanol–water partition coefficient (Wildman–Crippen LogP) is 4.32. The molecule has 2 aromatic carbocycles. The van der Waals surface area contributed by atoms with Crippen molar-refractivity contribution in [3.63, 3.8) is 0 Å². The van der Waals surface area contributed by atoms with Crippen molar-refractivity contribution in [2.45, 2.75) is 20.5 Å². The van der Waals surface area contributed by atoms with Crippen LogP contribution in [0.5, 0.6) is 11.5 Å². The molecule has 0 aromatic heterocycles. The van der Waals surface area contributed by atoms with Crippen molar-refractivity contribution in [2.75, 3.05) is 6.61 Å². The molecule has 5 heteroatoms. The van der Waals surface area contributed by atoms with Gasteiger partial charge in [-0.05, 0) is 43.7 Å². The van der Waals surface area contributed by atoms with Crippen LogP contribution in [0.1, 0.15) is 28.4 Å². The van der Waals surface area contributed by atoms with Gasteiger partial charge < -0.3 is 14.6 Å². The Bertz CT molecular complexity index is 682. The fourth-order valence-electron chi connectivity index (χ4n) is 2.08. The first kappa shape index (κ1) is 16.2. The molecule has 0 aliphatic heterocycles. The van der Waals surface area contributed by atoms with Gasteiger partial charge in [-0.15, -0.1) is 0 Å². The van der Waals surface area contributed by atoms with Crippen LogP contribution in [-0.2, 0) is 6.61 Å². The lowest BCUT2D eigenvalue weighted by molar-refractivity contribution is 0.0693. The van der Waals surface area contributed by atoms with Gasteiger partial charge >= 0.3 is 5.97 Å². The van der Waals surface area contributed by atoms with Crippen molar-refractivity contribution < 1.29 is 19.4 Å². The zero-order valence-electron chi connectivity index (χ0n) is 12.4. The van der Waals surface area contributed by atoms with E-state index in [-0.39, 0.29) is 12.2 Å². The SMILES string of the molecule is CCOc1cccc(C(=O)O)c1COc1ccc(C)cc1Cl. The van der Waals surface area contributed by atoms with E-state index in [9.17, 15) is 9.90 Å². The van der Waals surface area contributed by atoms with E-state index in [1.807, 2.05) is 19.9 Å². The molecule has 0 amide bonds. The molecule has 0 saturated heterocycles. The fourth-order valence-corrected chi connectivity index (χ4v) is 2.37. The van der Waals surface area contributed by atoms with Gasteiger partial charge in [0.15, 0.2) is 0 Å². The second kappa shape index (κ2) is 7.18. The summed E-state index contributed by atoms with van der Waals surface area (Å²) in [7, 11) is 0. The predicted molar refractivity (Wildman–Crippen MR) is 85.1 cm³/mol. The van der Waals surface area contributed by atoms with Crippen LogP contribution in [0, 0.1) is 6.92 Å². The van der Waals surface area contributed by atoms with Crippen LogP contribution in [0.15, 0.2) is 36.4 Å². The number of hydrogen-bond donors (Lipinski definition) is 1. The standard InChI is InChI=1S/C17H17ClO4/c1-3-21-15-6-4-5-12(17(19)20)13(15)10-22-16-8-7-11(2)9-14(16)18/h4-9H,3,10H2,1-2H3,(H,19,20). The third kappa shape index (κ3) is 3.71. The zero-order chi connectivity index (χ0) is 16.1. The lowest BCUT2D eigenvalue weighted by atomic mass is 10.1. The minimum absolute atomic E-state index is 0.0700. The maximum absolute atomic E-state index is 11.4. The summed E-state index contributed by atoms with van der Waals surface area (Å²) in [6, 6.07) is 10.3. The first-order valence-electron chi connectivity index (χ1n) is 6.90. The van der Waals surface area contributed by atoms with E-state index in [0.29, 0.717) is 28.7 Å². The molecule has 0 aliphatic carbocycles. The molecule has 22 heavy (non-hydrogen) atoms. The molecule has 0 heterocycles. The number of carboxylic acid groups (broad SMARTS) is 1. The molecule has 0 fully saturated rings. The van der Waals surface area contributed by atoms with Gasteiger partial charge in [-0.1, -0.05) is 23.7 Å². The summed E-state index contributed by atoms with van der Waals surface area (Å²) in [6.45, 7) is 4.29. The summed E-state index contributed by atoms with van der Waals surface area (Å²) in [5, 5.41) is 9.80. The molecule has 4 nitrogen and oxygen atoms in total. The van der Waals surface area contributed by atoms with Gasteiger partial charge in [-0.2, -0.15) is 0 Å². The molecule has 2 aromatic rings. The molecule has 2 rings (SSSR count). The quantitative estimate of drug-likeness (QED) is 0.861. The molecule has 0 radical (unpaired) electrons. The first-order valence-corrected chi connectivity index (χ1v) is 7.27. The number of carbonyl (C=O) groups is 1. The summed E-state index contributed by atoms with van der Waals surface area (Å²) < 4.78 is 11.2. The summed E-state index contributed by atoms with van der Waals surface area (Å²) in [4.78, 5) is 11.4. The lowest BCUT2D eigenvalue weighted by Crippen LogP contribution is -2.09. The molecule has 0 aliphatic rings. The summed E-state index contributed by atoms with van der Waals surface area (Å²) in [5.74, 6) is -0.00398. The molecule has 0 atom stereocenters. The van der Waals surface area contributed by atoms with Gasteiger partial charge in [0.2, 0.25) is 0 Å². The van der Waals surface area contributed by atoms with Crippen molar-refractivity contribution in [2.24, 2.45) is 0 Å². The third-order valence-corrected chi connectivity index (χ3v) is 3.42. The third-order valence-electron chi connectivity index (χ3n) is 3.12. The van der Waals surface area contributed by atoms with E-state index < -0.39 is 5.97 Å². The van der Waals surface area contributed by atoms with Crippen LogP contribution < -0.4 is 9.47 Å². The van der Waals surface area contributed by atoms with E-state index in [2.05, 4.69) is 0 Å². The Morgan fingerprint density at radius 1 is 1.18 bits per heavy atom. The molecular weight excluding hydrogens is 304 g/mol. The topological polar surface area (TPSA) is 55.8 Å². The van der Waals surface area contributed by atoms with Gasteiger partial charge in [0, 0.05) is 5.56 Å². The molecule has 0 unspecified atom stereocenters. The van der Waals surface area contributed by atoms with Crippen LogP contribution in [0.4, 0.5) is 0 Å². The molecule has 0 saturated carbocycles. The van der Waals surface area contributed by atoms with Gasteiger partial charge in [0.25, 0.3) is 0 Å². The Hall–Kier alpha value is -2.20. The smallest absolute Gasteiger partial charge is 0.336 e. The highest BCUT2D eigenvalue weighted by molar-refractivity contribution is 6.32. The van der Waals surface area contributed by atoms with Crippen molar-refractivity contribution in [3.8, 4) is 11.5 Å². The molecule has 0 spiro atoms. The van der Waals surface area contributed by atoms with E-state index in [4.69, 9.17) is 21.1 Å². The number of benzene rings is 2. The molecular formula is C17H17ClO4. The maximum Gasteiger partial charge on any atom is 0.336 e. The number of ether oxygens (including phenoxy) is 2. The van der Waals surface area contributed by atoms with Crippen LogP contribution in [0.25, 0.3) is 0 Å². The van der Waals surface area contributed by atoms with Gasteiger partial charge in [0.05, 0.1) is 17.2 Å². The van der Waals surface area contributed by atoms with Gasteiger partial charge in [0.1, 0.15) is 18.1 Å². The highest BCUT2D eigenvalue weighted by Gasteiger charge is 2.16. The van der Waals surface area contributed by atoms with Crippen molar-refractivity contribution in [1.29, 1.82) is 0 Å². The Morgan fingerprint density at radius 2 is 1.95 bits per heavy atom. The Kier molecular flexibility index (Phi) is 5.28. The fraction of sp³-hybridized carbons (Fsp3) is 0.235. The second-order valence-electron chi connectivity index (χ2n) is 4.74. The Labute approximate surface area is 134 Å². The van der Waals surface area contributed by atoms with E-state index in [0.717, 1.165) is 5.56 Å². The number of halogens is 1. The van der Waals surface area contributed by atoms with E-state index in [1.54, 1.807) is 24.3 Å². The van der Waals surface area contributed by atoms with Crippen LogP contribution in [0.2, 0.25) is 5.02 Å². The van der Waals surface area contributed by atoms with Crippen LogP contribution in [-0.4, -0.2) is 17.7 Å². The molecule has 0 bridgehead atoms. The average molecular weight is 321 g/mol. The highest BCUT2D eigenvalue weighted by Crippen LogP contribution is 2.29. The minimum Gasteiger partial charge on any atom is -0.493 e. The average Bonchev–Trinajstić information content (AvgIpc) is 2.47. The van der Waals surface area contributed by atoms with Gasteiger partial charge in [-0.25, -0.2) is 4.79 Å². The highest BCUT2D eigenvalue weighted by atomic mass is 35.5. The summed E-state index contributed by atoms with van der Waals surface area (Å²) >= 11 is 6.13. The number of carboxylic acids is 1. The summed E-state index contributed by atoms with van der Waals surface area (Å²) in [5.41, 5.74) is 1.68. The maximum atomic E-state index is 11.4. The number of aromatic carboxylic acids is 1. The molecule has 1 N–H and O–H groups in total. The van der Waals surface area contributed by atoms with Crippen LogP contribution in [0.3, 0.4) is 0 Å². The lowest BCUT2D eigenvalue weighted by Gasteiger charge is -2.14. The zero-order valence-corrected chi connectivity index (χ0v) is 13.2. The number of rotatable bonds is 6. The van der Waals surface area contributed by atoms with Crippen molar-refractivity contribution in [3.05, 3.63) is 58.1 Å². The second-order valence-corrected chi connectivity index (χ2v) is 5.15.